The minimum absolute atomic E-state index is 0. The average Bonchev–Trinajstić information content (AvgIpc) is 3.11. The van der Waals surface area contributed by atoms with Crippen LogP contribution in [-0.2, 0) is 70.6 Å². The molecule has 2 N–H and O–H groups in total. The predicted octanol–water partition coefficient (Wildman–Crippen LogP) is 6.50. The van der Waals surface area contributed by atoms with Crippen LogP contribution >= 0.6 is 28.1 Å². The topological polar surface area (TPSA) is 114 Å². The molecular weight excluding hydrogens is 827 g/mol. The summed E-state index contributed by atoms with van der Waals surface area (Å²) in [5.41, 5.74) is 0. The van der Waals surface area contributed by atoms with Gasteiger partial charge in [0, 0.05) is 113 Å². The molecule has 1 heterocycles. The van der Waals surface area contributed by atoms with Gasteiger partial charge in [-0.15, -0.1) is 15.8 Å². The van der Waals surface area contributed by atoms with Gasteiger partial charge in [0.15, 0.2) is 0 Å². The molecule has 16 heteroatoms. The van der Waals surface area contributed by atoms with Crippen LogP contribution in [0.5, 0.6) is 0 Å². The molecule has 0 aromatic rings. The minimum Gasteiger partial charge on any atom is -0.693 e. The molecule has 0 unspecified atom stereocenters. The second-order valence-electron chi connectivity index (χ2n) is 11.8. The number of methoxy groups -OCH3 is 1. The van der Waals surface area contributed by atoms with Gasteiger partial charge in [-0.3, -0.25) is 0 Å². The van der Waals surface area contributed by atoms with Crippen molar-refractivity contribution >= 4 is 45.0 Å². The Morgan fingerprint density at radius 3 is 1.25 bits per heavy atom. The van der Waals surface area contributed by atoms with Crippen LogP contribution < -0.4 is 0 Å². The van der Waals surface area contributed by atoms with E-state index in [1.807, 2.05) is 12.0 Å². The van der Waals surface area contributed by atoms with Gasteiger partial charge in [0.05, 0.1) is 46.2 Å². The number of thiocarbonyl (C=S) groups is 1. The van der Waals surface area contributed by atoms with E-state index in [0.717, 1.165) is 79.1 Å². The van der Waals surface area contributed by atoms with Crippen molar-refractivity contribution in [1.29, 1.82) is 0 Å². The van der Waals surface area contributed by atoms with E-state index < -0.39 is 0 Å². The summed E-state index contributed by atoms with van der Waals surface area (Å²) in [5.74, 6) is 0. The minimum atomic E-state index is 0. The van der Waals surface area contributed by atoms with Crippen molar-refractivity contribution in [2.45, 2.75) is 53.4 Å². The number of hydrogen-bond donors (Lipinski definition) is 0. The molecule has 52 heavy (non-hydrogen) atoms. The van der Waals surface area contributed by atoms with E-state index in [9.17, 15) is 0 Å². The Labute approximate surface area is 346 Å². The molecule has 0 spiro atoms. The van der Waals surface area contributed by atoms with Crippen molar-refractivity contribution in [3.05, 3.63) is 6.15 Å². The molecule has 1 fully saturated rings. The Hall–Kier alpha value is 1.22. The van der Waals surface area contributed by atoms with E-state index in [0.29, 0.717) is 44.0 Å². The number of hydrogen-bond acceptors (Lipinski definition) is 11. The zero-order chi connectivity index (χ0) is 36.8. The van der Waals surface area contributed by atoms with Crippen LogP contribution in [0.3, 0.4) is 0 Å². The monoisotopic (exact) mass is 904 g/mol. The maximum absolute atomic E-state index is 5.61. The smallest absolute Gasteiger partial charge is 0.0701 e. The average molecular weight is 905 g/mol. The Balaban J connectivity index is -0.00000118. The van der Waals surface area contributed by atoms with E-state index in [2.05, 4.69) is 32.6 Å². The van der Waals surface area contributed by atoms with Gasteiger partial charge < -0.3 is 78.7 Å². The molecule has 1 aliphatic rings. The number of nitrogens with two attached hydrogens (primary N) is 1. The quantitative estimate of drug-likeness (QED) is 0.0354. The summed E-state index contributed by atoms with van der Waals surface area (Å²) in [7, 11) is 1.89. The zero-order valence-corrected chi connectivity index (χ0v) is 38.8. The molecular formula is C36H77N3O8P2S2Tc-2. The Morgan fingerprint density at radius 1 is 0.596 bits per heavy atom. The fourth-order valence-corrected chi connectivity index (χ4v) is 10.3. The Morgan fingerprint density at radius 2 is 0.942 bits per heavy atom. The molecule has 1 aliphatic heterocycles. The summed E-state index contributed by atoms with van der Waals surface area (Å²) in [4.78, 5) is 4.59. The van der Waals surface area contributed by atoms with Crippen molar-refractivity contribution < 1.29 is 58.0 Å². The van der Waals surface area contributed by atoms with Gasteiger partial charge in [-0.25, -0.2) is 0 Å². The first-order valence-electron chi connectivity index (χ1n) is 19.2. The van der Waals surface area contributed by atoms with Gasteiger partial charge in [-0.05, 0) is 90.3 Å². The van der Waals surface area contributed by atoms with Gasteiger partial charge in [-0.2, -0.15) is 0 Å². The predicted molar refractivity (Wildman–Crippen MR) is 225 cm³/mol. The summed E-state index contributed by atoms with van der Waals surface area (Å²) in [6.07, 6.45) is 12.7. The van der Waals surface area contributed by atoms with Gasteiger partial charge in [0.2, 0.25) is 0 Å². The molecule has 1 radical (unpaired) electrons. The van der Waals surface area contributed by atoms with Crippen LogP contribution in [0, 0.1) is 0 Å². The standard InChI is InChI=1S/C27H59NO5P2.C9H17NO3S2.H2N.Tc/c1-6-30-17-10-22-34(23-11-18-31-7-2)26-15-28(14-21-29-5)16-27-35(24-12-19-32-8-3)25-13-20-33-9-4;14-9(15)10-1-3-11-5-7-13-8-6-12-4-2-10;;/h6-27H2,1-5H3;1-8H2,(H,14,15);1H2;/q;;-1;/p-1/i;;;1+1. The second-order valence-corrected chi connectivity index (χ2v) is 18.2. The Kier molecular flexibility index (Phi) is 51.6. The van der Waals surface area contributed by atoms with Gasteiger partial charge in [-0.1, -0.05) is 4.32 Å². The Bertz CT molecular complexity index is 656. The first-order chi connectivity index (χ1) is 24.5. The maximum Gasteiger partial charge on any atom is 0.0701 e. The molecule has 315 valence electrons. The van der Waals surface area contributed by atoms with Crippen LogP contribution in [0.15, 0.2) is 0 Å². The normalized spacial score (nSPS) is 14.3. The van der Waals surface area contributed by atoms with Crippen LogP contribution in [0.1, 0.15) is 53.4 Å². The fourth-order valence-electron chi connectivity index (χ4n) is 5.12. The number of rotatable bonds is 29. The third-order valence-electron chi connectivity index (χ3n) is 7.96. The van der Waals surface area contributed by atoms with E-state index >= 15 is 0 Å². The molecule has 1 saturated heterocycles. The fraction of sp³-hybridized carbons (Fsp3) is 0.972. The summed E-state index contributed by atoms with van der Waals surface area (Å²) in [6.45, 7) is 24.7. The van der Waals surface area contributed by atoms with Gasteiger partial charge >= 0.3 is 0 Å². The van der Waals surface area contributed by atoms with Crippen LogP contribution in [0.2, 0.25) is 0 Å². The maximum atomic E-state index is 5.61. The van der Waals surface area contributed by atoms with E-state index in [1.165, 1.54) is 75.7 Å². The molecule has 0 atom stereocenters. The molecule has 0 aliphatic carbocycles. The SMILES string of the molecule is CCOCCCP(CCCOCC)CCN(CCOC)CCP(CCCOCC)CCCOCC.S=C([S-])N1CCOCCOCCOCC1.[99Tc].[NH2-]. The number of nitrogens with zero attached hydrogens (tertiary/aromatic N) is 2. The van der Waals surface area contributed by atoms with Gasteiger partial charge in [0.1, 0.15) is 0 Å². The van der Waals surface area contributed by atoms with Gasteiger partial charge in [0.25, 0.3) is 0 Å². The summed E-state index contributed by atoms with van der Waals surface area (Å²) < 4.78 is 44.4. The third-order valence-corrected chi connectivity index (χ3v) is 13.9. The molecule has 0 aromatic heterocycles. The molecule has 0 saturated carbocycles. The molecule has 0 amide bonds. The number of ether oxygens (including phenoxy) is 8. The third kappa shape index (κ3) is 39.5. The second kappa shape index (κ2) is 46.6. The largest absolute Gasteiger partial charge is 0.693 e. The van der Waals surface area contributed by atoms with Crippen molar-refractivity contribution in [3.63, 3.8) is 0 Å². The first-order valence-corrected chi connectivity index (χ1v) is 23.8. The van der Waals surface area contributed by atoms with Crippen LogP contribution in [-0.4, -0.2) is 190 Å². The van der Waals surface area contributed by atoms with Crippen molar-refractivity contribution in [2.75, 3.05) is 176 Å². The summed E-state index contributed by atoms with van der Waals surface area (Å²) in [5, 5.41) is 0. The van der Waals surface area contributed by atoms with E-state index in [1.54, 1.807) is 0 Å². The molecule has 1 rings (SSSR count). The van der Waals surface area contributed by atoms with E-state index in [-0.39, 0.29) is 42.1 Å². The summed E-state index contributed by atoms with van der Waals surface area (Å²) >= 11 is 9.93. The first kappa shape index (κ1) is 57.5. The van der Waals surface area contributed by atoms with Crippen molar-refractivity contribution in [2.24, 2.45) is 0 Å². The molecule has 0 bridgehead atoms. The zero-order valence-electron chi connectivity index (χ0n) is 33.5. The molecule has 11 nitrogen and oxygen atoms in total. The van der Waals surface area contributed by atoms with Crippen molar-refractivity contribution in [3.8, 4) is 0 Å². The van der Waals surface area contributed by atoms with Crippen LogP contribution in [0.4, 0.5) is 0 Å². The summed E-state index contributed by atoms with van der Waals surface area (Å²) in [6, 6.07) is 0. The van der Waals surface area contributed by atoms with Crippen LogP contribution in [0.25, 0.3) is 6.15 Å². The van der Waals surface area contributed by atoms with Crippen molar-refractivity contribution in [1.82, 2.24) is 9.80 Å². The molecule has 0 aromatic carbocycles. The van der Waals surface area contributed by atoms with E-state index in [4.69, 9.17) is 62.7 Å².